The average Bonchev–Trinajstić information content (AvgIpc) is 2.69. The molecule has 27 heavy (non-hydrogen) atoms. The van der Waals surface area contributed by atoms with Gasteiger partial charge in [0.15, 0.2) is 11.5 Å². The number of anilines is 1. The highest BCUT2D eigenvalue weighted by molar-refractivity contribution is 6.42. The molecule has 1 atom stereocenters. The largest absolute Gasteiger partial charge is 0.493 e. The summed E-state index contributed by atoms with van der Waals surface area (Å²) in [5.41, 5.74) is 0.595. The van der Waals surface area contributed by atoms with Crippen molar-refractivity contribution in [2.24, 2.45) is 0 Å². The molecule has 2 aromatic rings. The van der Waals surface area contributed by atoms with Crippen LogP contribution in [0.5, 0.6) is 11.5 Å². The van der Waals surface area contributed by atoms with Crippen molar-refractivity contribution in [3.05, 3.63) is 52.5 Å². The summed E-state index contributed by atoms with van der Waals surface area (Å²) in [6.45, 7) is 2.29. The van der Waals surface area contributed by atoms with Crippen molar-refractivity contribution in [3.63, 3.8) is 0 Å². The van der Waals surface area contributed by atoms with Gasteiger partial charge in [-0.3, -0.25) is 0 Å². The van der Waals surface area contributed by atoms with Crippen molar-refractivity contribution in [1.29, 1.82) is 0 Å². The number of hydrogen-bond acceptors (Lipinski definition) is 4. The highest BCUT2D eigenvalue weighted by Crippen LogP contribution is 2.27. The van der Waals surface area contributed by atoms with Gasteiger partial charge in [-0.2, -0.15) is 0 Å². The number of carbonyl (C=O) groups excluding carboxylic acids is 1. The molecule has 1 aliphatic rings. The number of hydrogen-bond donors (Lipinski definition) is 2. The van der Waals surface area contributed by atoms with E-state index in [4.69, 9.17) is 32.7 Å². The van der Waals surface area contributed by atoms with Gasteiger partial charge in [0.2, 0.25) is 0 Å². The lowest BCUT2D eigenvalue weighted by Gasteiger charge is -2.36. The molecule has 0 saturated carbocycles. The zero-order chi connectivity index (χ0) is 19.2. The number of benzene rings is 2. The summed E-state index contributed by atoms with van der Waals surface area (Å²) < 4.78 is 11.2. The number of halogens is 2. The van der Waals surface area contributed by atoms with Gasteiger partial charge in [0.1, 0.15) is 6.61 Å². The van der Waals surface area contributed by atoms with Gasteiger partial charge in [-0.15, -0.1) is 0 Å². The summed E-state index contributed by atoms with van der Waals surface area (Å²) in [6.07, 6.45) is 0. The molecule has 0 aliphatic carbocycles. The van der Waals surface area contributed by atoms with E-state index in [0.29, 0.717) is 46.9 Å². The van der Waals surface area contributed by atoms with Gasteiger partial charge in [-0.25, -0.2) is 4.79 Å². The third kappa shape index (κ3) is 4.97. The molecular weight excluding hydrogens is 389 g/mol. The molecule has 0 aromatic heterocycles. The Hall–Kier alpha value is -2.15. The molecule has 1 aliphatic heterocycles. The van der Waals surface area contributed by atoms with Gasteiger partial charge in [0.05, 0.1) is 23.2 Å². The summed E-state index contributed by atoms with van der Waals surface area (Å²) in [5, 5.41) is 7.00. The molecule has 2 N–H and O–H groups in total. The van der Waals surface area contributed by atoms with E-state index in [0.717, 1.165) is 6.54 Å². The van der Waals surface area contributed by atoms with Crippen LogP contribution in [-0.2, 0) is 0 Å². The molecule has 6 nitrogen and oxygen atoms in total. The fourth-order valence-electron chi connectivity index (χ4n) is 2.87. The Morgan fingerprint density at radius 2 is 2.00 bits per heavy atom. The molecule has 144 valence electrons. The normalized spacial score (nSPS) is 16.7. The lowest BCUT2D eigenvalue weighted by Crippen LogP contribution is -2.57. The van der Waals surface area contributed by atoms with Crippen LogP contribution in [0.3, 0.4) is 0 Å². The maximum atomic E-state index is 12.7. The van der Waals surface area contributed by atoms with E-state index in [9.17, 15) is 4.79 Å². The number of methoxy groups -OCH3 is 1. The number of rotatable bonds is 5. The van der Waals surface area contributed by atoms with Crippen LogP contribution in [0.2, 0.25) is 10.0 Å². The molecule has 1 saturated heterocycles. The van der Waals surface area contributed by atoms with Gasteiger partial charge in [0.25, 0.3) is 0 Å². The van der Waals surface area contributed by atoms with E-state index in [-0.39, 0.29) is 12.1 Å². The predicted octanol–water partition coefficient (Wildman–Crippen LogP) is 3.89. The van der Waals surface area contributed by atoms with Crippen molar-refractivity contribution in [3.8, 4) is 11.5 Å². The molecular formula is C19H21Cl2N3O3. The Kier molecular flexibility index (Phi) is 6.66. The van der Waals surface area contributed by atoms with E-state index >= 15 is 0 Å². The second-order valence-corrected chi connectivity index (χ2v) is 6.89. The topological polar surface area (TPSA) is 62.8 Å². The standard InChI is InChI=1S/C19H21Cl2N3O3/c1-26-17-4-2-3-5-18(17)27-12-14-11-22-8-9-24(14)19(25)23-13-6-7-15(20)16(21)10-13/h2-7,10,14,22H,8-9,11-12H2,1H3,(H,23,25). The molecule has 3 rings (SSSR count). The average molecular weight is 410 g/mol. The van der Waals surface area contributed by atoms with E-state index < -0.39 is 0 Å². The summed E-state index contributed by atoms with van der Waals surface area (Å²) in [4.78, 5) is 14.5. The van der Waals surface area contributed by atoms with Crippen LogP contribution in [0, 0.1) is 0 Å². The summed E-state index contributed by atoms with van der Waals surface area (Å²) in [5.74, 6) is 1.31. The number of nitrogens with one attached hydrogen (secondary N) is 2. The van der Waals surface area contributed by atoms with Crippen molar-refractivity contribution in [1.82, 2.24) is 10.2 Å². The Morgan fingerprint density at radius 3 is 2.74 bits per heavy atom. The molecule has 1 fully saturated rings. The van der Waals surface area contributed by atoms with Crippen LogP contribution in [0.1, 0.15) is 0 Å². The van der Waals surface area contributed by atoms with Crippen molar-refractivity contribution < 1.29 is 14.3 Å². The number of urea groups is 1. The highest BCUT2D eigenvalue weighted by Gasteiger charge is 2.27. The maximum absolute atomic E-state index is 12.7. The first-order valence-corrected chi connectivity index (χ1v) is 9.33. The fourth-order valence-corrected chi connectivity index (χ4v) is 3.17. The van der Waals surface area contributed by atoms with Crippen LogP contribution in [0.15, 0.2) is 42.5 Å². The first kappa shape index (κ1) is 19.6. The van der Waals surface area contributed by atoms with Crippen molar-refractivity contribution in [2.45, 2.75) is 6.04 Å². The zero-order valence-electron chi connectivity index (χ0n) is 14.9. The molecule has 2 amide bonds. The van der Waals surface area contributed by atoms with Gasteiger partial charge < -0.3 is 25.0 Å². The summed E-state index contributed by atoms with van der Waals surface area (Å²) in [7, 11) is 1.60. The third-order valence-electron chi connectivity index (χ3n) is 4.28. The molecule has 0 bridgehead atoms. The molecule has 0 radical (unpaired) electrons. The van der Waals surface area contributed by atoms with Crippen LogP contribution in [0.25, 0.3) is 0 Å². The lowest BCUT2D eigenvalue weighted by atomic mass is 10.2. The molecule has 8 heteroatoms. The van der Waals surface area contributed by atoms with Crippen LogP contribution < -0.4 is 20.1 Å². The fraction of sp³-hybridized carbons (Fsp3) is 0.316. The predicted molar refractivity (Wildman–Crippen MR) is 107 cm³/mol. The molecule has 1 unspecified atom stereocenters. The SMILES string of the molecule is COc1ccccc1OCC1CNCCN1C(=O)Nc1ccc(Cl)c(Cl)c1. The van der Waals surface area contributed by atoms with Crippen LogP contribution >= 0.6 is 23.2 Å². The number of ether oxygens (including phenoxy) is 2. The van der Waals surface area contributed by atoms with Crippen molar-refractivity contribution in [2.75, 3.05) is 38.7 Å². The second-order valence-electron chi connectivity index (χ2n) is 6.07. The smallest absolute Gasteiger partial charge is 0.322 e. The minimum atomic E-state index is -0.205. The minimum absolute atomic E-state index is 0.119. The quantitative estimate of drug-likeness (QED) is 0.785. The van der Waals surface area contributed by atoms with Gasteiger partial charge in [-0.1, -0.05) is 35.3 Å². The monoisotopic (exact) mass is 409 g/mol. The number of nitrogens with zero attached hydrogens (tertiary/aromatic N) is 1. The first-order chi connectivity index (χ1) is 13.1. The van der Waals surface area contributed by atoms with Gasteiger partial charge in [0, 0.05) is 25.3 Å². The van der Waals surface area contributed by atoms with E-state index in [1.807, 2.05) is 24.3 Å². The Bertz CT molecular complexity index is 804. The molecule has 2 aromatic carbocycles. The maximum Gasteiger partial charge on any atom is 0.322 e. The lowest BCUT2D eigenvalue weighted by molar-refractivity contribution is 0.131. The highest BCUT2D eigenvalue weighted by atomic mass is 35.5. The third-order valence-corrected chi connectivity index (χ3v) is 5.02. The number of amides is 2. The minimum Gasteiger partial charge on any atom is -0.493 e. The van der Waals surface area contributed by atoms with E-state index in [2.05, 4.69) is 10.6 Å². The van der Waals surface area contributed by atoms with E-state index in [1.165, 1.54) is 0 Å². The molecule has 1 heterocycles. The first-order valence-electron chi connectivity index (χ1n) is 8.57. The number of carbonyl (C=O) groups is 1. The molecule has 0 spiro atoms. The van der Waals surface area contributed by atoms with Gasteiger partial charge in [-0.05, 0) is 30.3 Å². The van der Waals surface area contributed by atoms with Crippen molar-refractivity contribution >= 4 is 34.9 Å². The summed E-state index contributed by atoms with van der Waals surface area (Å²) >= 11 is 11.9. The number of para-hydroxylation sites is 2. The Balaban J connectivity index is 1.65. The second kappa shape index (κ2) is 9.17. The number of piperazine rings is 1. The van der Waals surface area contributed by atoms with Gasteiger partial charge >= 0.3 is 6.03 Å². The Morgan fingerprint density at radius 1 is 1.22 bits per heavy atom. The van der Waals surface area contributed by atoms with E-state index in [1.54, 1.807) is 30.2 Å². The van der Waals surface area contributed by atoms with Crippen LogP contribution in [0.4, 0.5) is 10.5 Å². The van der Waals surface area contributed by atoms with Crippen LogP contribution in [-0.4, -0.2) is 50.3 Å². The Labute approximate surface area is 168 Å². The summed E-state index contributed by atoms with van der Waals surface area (Å²) in [6, 6.07) is 12.1. The zero-order valence-corrected chi connectivity index (χ0v) is 16.4.